The summed E-state index contributed by atoms with van der Waals surface area (Å²) in [6.45, 7) is 3.71. The number of nitrogens with one attached hydrogen (secondary N) is 1. The summed E-state index contributed by atoms with van der Waals surface area (Å²) in [7, 11) is 0. The summed E-state index contributed by atoms with van der Waals surface area (Å²) >= 11 is 3.39. The minimum Gasteiger partial charge on any atom is -0.455 e. The van der Waals surface area contributed by atoms with Gasteiger partial charge in [-0.2, -0.15) is 0 Å². The Bertz CT molecular complexity index is 515. The molecule has 0 saturated heterocycles. The molecule has 1 saturated carbocycles. The smallest absolute Gasteiger partial charge is 0.309 e. The van der Waals surface area contributed by atoms with Gasteiger partial charge in [-0.05, 0) is 43.0 Å². The highest BCUT2D eigenvalue weighted by molar-refractivity contribution is 9.10. The summed E-state index contributed by atoms with van der Waals surface area (Å²) in [6.07, 6.45) is 0.867. The predicted octanol–water partition coefficient (Wildman–Crippen LogP) is 2.90. The molecule has 0 unspecified atom stereocenters. The molecule has 4 nitrogen and oxygen atoms in total. The number of ether oxygens (including phenoxy) is 1. The van der Waals surface area contributed by atoms with Gasteiger partial charge in [0.15, 0.2) is 6.61 Å². The highest BCUT2D eigenvalue weighted by atomic mass is 79.9. The van der Waals surface area contributed by atoms with E-state index in [9.17, 15) is 9.59 Å². The molecule has 1 aromatic rings. The molecule has 0 bridgehead atoms. The first-order chi connectivity index (χ1) is 8.97. The molecule has 19 heavy (non-hydrogen) atoms. The number of hydrogen-bond donors (Lipinski definition) is 1. The van der Waals surface area contributed by atoms with Gasteiger partial charge < -0.3 is 10.1 Å². The molecule has 1 N–H and O–H groups in total. The van der Waals surface area contributed by atoms with E-state index in [2.05, 4.69) is 21.2 Å². The number of halogens is 1. The predicted molar refractivity (Wildman–Crippen MR) is 75.7 cm³/mol. The normalized spacial score (nSPS) is 20.8. The molecular weight excluding hydrogens is 310 g/mol. The van der Waals surface area contributed by atoms with Gasteiger partial charge in [0.1, 0.15) is 0 Å². The molecule has 1 fully saturated rings. The zero-order chi connectivity index (χ0) is 14.0. The van der Waals surface area contributed by atoms with E-state index < -0.39 is 0 Å². The minimum atomic E-state index is -0.316. The Hall–Kier alpha value is -1.36. The van der Waals surface area contributed by atoms with Gasteiger partial charge in [0.25, 0.3) is 5.91 Å². The van der Waals surface area contributed by atoms with Crippen LogP contribution in [0.1, 0.15) is 18.9 Å². The Morgan fingerprint density at radius 3 is 2.74 bits per heavy atom. The van der Waals surface area contributed by atoms with Crippen molar-refractivity contribution in [2.24, 2.45) is 11.8 Å². The molecule has 1 aliphatic carbocycles. The van der Waals surface area contributed by atoms with Gasteiger partial charge in [0, 0.05) is 10.2 Å². The number of benzene rings is 1. The molecule has 2 atom stereocenters. The number of rotatable bonds is 4. The van der Waals surface area contributed by atoms with Crippen LogP contribution < -0.4 is 5.32 Å². The summed E-state index contributed by atoms with van der Waals surface area (Å²) in [5, 5.41) is 2.70. The lowest BCUT2D eigenvalue weighted by atomic mass is 10.2. The molecule has 1 aliphatic rings. The Morgan fingerprint density at radius 2 is 2.16 bits per heavy atom. The van der Waals surface area contributed by atoms with E-state index in [1.807, 2.05) is 26.0 Å². The van der Waals surface area contributed by atoms with E-state index in [1.54, 1.807) is 6.07 Å². The summed E-state index contributed by atoms with van der Waals surface area (Å²) in [5.41, 5.74) is 1.73. The lowest BCUT2D eigenvalue weighted by molar-refractivity contribution is -0.148. The molecule has 1 aromatic carbocycles. The van der Waals surface area contributed by atoms with Crippen LogP contribution in [0.5, 0.6) is 0 Å². The Kier molecular flexibility index (Phi) is 4.24. The maximum atomic E-state index is 11.6. The number of amides is 1. The van der Waals surface area contributed by atoms with Gasteiger partial charge in [-0.3, -0.25) is 9.59 Å². The number of anilines is 1. The minimum absolute atomic E-state index is 0.0114. The fourth-order valence-electron chi connectivity index (χ4n) is 1.81. The van der Waals surface area contributed by atoms with Crippen LogP contribution in [0.2, 0.25) is 0 Å². The van der Waals surface area contributed by atoms with Crippen LogP contribution in [0.3, 0.4) is 0 Å². The summed E-state index contributed by atoms with van der Waals surface area (Å²) in [4.78, 5) is 23.1. The van der Waals surface area contributed by atoms with Crippen molar-refractivity contribution in [1.82, 2.24) is 0 Å². The third kappa shape index (κ3) is 3.80. The van der Waals surface area contributed by atoms with Crippen LogP contribution in [0.25, 0.3) is 0 Å². The third-order valence-electron chi connectivity index (χ3n) is 3.20. The van der Waals surface area contributed by atoms with Crippen LogP contribution in [0.15, 0.2) is 22.7 Å². The van der Waals surface area contributed by atoms with Gasteiger partial charge in [-0.15, -0.1) is 0 Å². The topological polar surface area (TPSA) is 55.4 Å². The number of carbonyl (C=O) groups excluding carboxylic acids is 2. The summed E-state index contributed by atoms with van der Waals surface area (Å²) in [6, 6.07) is 5.51. The highest BCUT2D eigenvalue weighted by Crippen LogP contribution is 2.38. The molecule has 2 rings (SSSR count). The molecule has 102 valence electrons. The second-order valence-electron chi connectivity index (χ2n) is 4.94. The average Bonchev–Trinajstić information content (AvgIpc) is 3.08. The standard InChI is InChI=1S/C14H16BrNO3/c1-8-6-11(8)14(18)19-7-13(17)16-10-3-4-12(15)9(2)5-10/h3-5,8,11H,6-7H2,1-2H3,(H,16,17)/t8-,11+/m1/s1. The van der Waals surface area contributed by atoms with E-state index >= 15 is 0 Å². The van der Waals surface area contributed by atoms with Crippen molar-refractivity contribution in [3.63, 3.8) is 0 Å². The van der Waals surface area contributed by atoms with E-state index in [1.165, 1.54) is 0 Å². The van der Waals surface area contributed by atoms with Gasteiger partial charge in [-0.25, -0.2) is 0 Å². The summed E-state index contributed by atoms with van der Waals surface area (Å²) < 4.78 is 5.95. The molecule has 0 heterocycles. The SMILES string of the molecule is Cc1cc(NC(=O)COC(=O)[C@H]2C[C@H]2C)ccc1Br. The van der Waals surface area contributed by atoms with Crippen molar-refractivity contribution in [1.29, 1.82) is 0 Å². The summed E-state index contributed by atoms with van der Waals surface area (Å²) in [5.74, 6) is -0.203. The molecule has 1 amide bonds. The second kappa shape index (κ2) is 5.74. The van der Waals surface area contributed by atoms with Crippen LogP contribution in [0, 0.1) is 18.8 Å². The lowest BCUT2D eigenvalue weighted by Gasteiger charge is -2.07. The Labute approximate surface area is 120 Å². The lowest BCUT2D eigenvalue weighted by Crippen LogP contribution is -2.21. The molecule has 0 aliphatic heterocycles. The van der Waals surface area contributed by atoms with E-state index in [-0.39, 0.29) is 24.4 Å². The van der Waals surface area contributed by atoms with Crippen molar-refractivity contribution in [2.75, 3.05) is 11.9 Å². The molecule has 0 radical (unpaired) electrons. The largest absolute Gasteiger partial charge is 0.455 e. The van der Waals surface area contributed by atoms with Gasteiger partial charge in [-0.1, -0.05) is 22.9 Å². The second-order valence-corrected chi connectivity index (χ2v) is 5.79. The van der Waals surface area contributed by atoms with Crippen molar-refractivity contribution in [2.45, 2.75) is 20.3 Å². The third-order valence-corrected chi connectivity index (χ3v) is 4.09. The van der Waals surface area contributed by atoms with Crippen molar-refractivity contribution < 1.29 is 14.3 Å². The molecule has 0 spiro atoms. The fraction of sp³-hybridized carbons (Fsp3) is 0.429. The van der Waals surface area contributed by atoms with Gasteiger partial charge >= 0.3 is 5.97 Å². The molecule has 5 heteroatoms. The number of hydrogen-bond acceptors (Lipinski definition) is 3. The number of aryl methyl sites for hydroxylation is 1. The van der Waals surface area contributed by atoms with Crippen LogP contribution in [0.4, 0.5) is 5.69 Å². The van der Waals surface area contributed by atoms with Crippen LogP contribution in [-0.2, 0) is 14.3 Å². The number of carbonyl (C=O) groups is 2. The van der Waals surface area contributed by atoms with E-state index in [4.69, 9.17) is 4.74 Å². The van der Waals surface area contributed by atoms with E-state index in [0.717, 1.165) is 16.5 Å². The maximum Gasteiger partial charge on any atom is 0.309 e. The zero-order valence-electron chi connectivity index (χ0n) is 10.9. The first-order valence-electron chi connectivity index (χ1n) is 6.20. The highest BCUT2D eigenvalue weighted by Gasteiger charge is 2.40. The van der Waals surface area contributed by atoms with Crippen LogP contribution in [-0.4, -0.2) is 18.5 Å². The first kappa shape index (κ1) is 14.1. The fourth-order valence-corrected chi connectivity index (χ4v) is 2.06. The number of esters is 1. The zero-order valence-corrected chi connectivity index (χ0v) is 12.5. The van der Waals surface area contributed by atoms with Crippen molar-refractivity contribution >= 4 is 33.5 Å². The monoisotopic (exact) mass is 325 g/mol. The van der Waals surface area contributed by atoms with Crippen molar-refractivity contribution in [3.8, 4) is 0 Å². The van der Waals surface area contributed by atoms with Crippen LogP contribution >= 0.6 is 15.9 Å². The van der Waals surface area contributed by atoms with Crippen molar-refractivity contribution in [3.05, 3.63) is 28.2 Å². The Balaban J connectivity index is 1.80. The quantitative estimate of drug-likeness (QED) is 0.866. The average molecular weight is 326 g/mol. The van der Waals surface area contributed by atoms with Gasteiger partial charge in [0.2, 0.25) is 0 Å². The maximum absolute atomic E-state index is 11.6. The first-order valence-corrected chi connectivity index (χ1v) is 6.99. The Morgan fingerprint density at radius 1 is 1.47 bits per heavy atom. The van der Waals surface area contributed by atoms with E-state index in [0.29, 0.717) is 11.6 Å². The molecule has 0 aromatic heterocycles. The van der Waals surface area contributed by atoms with Gasteiger partial charge in [0.05, 0.1) is 5.92 Å². The molecular formula is C14H16BrNO3.